The number of carbonyl (C=O) groups is 1. The minimum atomic E-state index is -0.358. The number of fused-ring (bicyclic) bond motifs is 1. The summed E-state index contributed by atoms with van der Waals surface area (Å²) in [4.78, 5) is 16.3. The van der Waals surface area contributed by atoms with E-state index in [2.05, 4.69) is 47.4 Å². The van der Waals surface area contributed by atoms with Crippen molar-refractivity contribution in [2.75, 3.05) is 7.11 Å². The number of ether oxygens (including phenoxy) is 1. The zero-order valence-electron chi connectivity index (χ0n) is 13.4. The first-order chi connectivity index (χ1) is 11.8. The van der Waals surface area contributed by atoms with Crippen LogP contribution >= 0.6 is 0 Å². The van der Waals surface area contributed by atoms with Crippen LogP contribution in [0.5, 0.6) is 0 Å². The van der Waals surface area contributed by atoms with Crippen LogP contribution < -0.4 is 0 Å². The maximum absolute atomic E-state index is 12.1. The zero-order chi connectivity index (χ0) is 16.5. The van der Waals surface area contributed by atoms with Crippen LogP contribution in [0.15, 0.2) is 67.1 Å². The van der Waals surface area contributed by atoms with Crippen molar-refractivity contribution >= 4 is 5.97 Å². The molecular weight excluding hydrogens is 300 g/mol. The van der Waals surface area contributed by atoms with Gasteiger partial charge >= 0.3 is 5.97 Å². The summed E-state index contributed by atoms with van der Waals surface area (Å²) in [5.74, 6) is -0.0927. The summed E-state index contributed by atoms with van der Waals surface area (Å²) in [6.45, 7) is 0. The Balaban J connectivity index is 1.86. The summed E-state index contributed by atoms with van der Waals surface area (Å²) in [5, 5.41) is 0. The summed E-state index contributed by atoms with van der Waals surface area (Å²) in [5.41, 5.74) is 4.32. The molecule has 1 aliphatic rings. The fraction of sp³-hybridized carbons (Fsp3) is 0.200. The van der Waals surface area contributed by atoms with Gasteiger partial charge in [-0.3, -0.25) is 0 Å². The van der Waals surface area contributed by atoms with E-state index in [0.717, 1.165) is 6.42 Å². The number of esters is 1. The van der Waals surface area contributed by atoms with Gasteiger partial charge in [0.05, 0.1) is 25.7 Å². The standard InChI is InChI=1S/C20H18N2O2/c1-24-20(23)18-12-21-13-22(18)19-16-10-6-5-9-15(16)11-17(19)14-7-3-2-4-8-14/h2-10,12-13,17,19H,11H2,1H3. The normalized spacial score (nSPS) is 19.0. The number of nitrogens with zero attached hydrogens (tertiary/aromatic N) is 2. The van der Waals surface area contributed by atoms with Gasteiger partial charge in [-0.25, -0.2) is 9.78 Å². The van der Waals surface area contributed by atoms with Gasteiger partial charge in [0, 0.05) is 5.92 Å². The third-order valence-electron chi connectivity index (χ3n) is 4.78. The molecule has 24 heavy (non-hydrogen) atoms. The van der Waals surface area contributed by atoms with Crippen molar-refractivity contribution in [3.8, 4) is 0 Å². The number of hydrogen-bond donors (Lipinski definition) is 0. The van der Waals surface area contributed by atoms with Crippen molar-refractivity contribution in [1.82, 2.24) is 9.55 Å². The smallest absolute Gasteiger partial charge is 0.356 e. The van der Waals surface area contributed by atoms with Gasteiger partial charge in [-0.15, -0.1) is 0 Å². The number of benzene rings is 2. The molecule has 2 atom stereocenters. The Bertz CT molecular complexity index is 870. The van der Waals surface area contributed by atoms with E-state index in [0.29, 0.717) is 5.69 Å². The van der Waals surface area contributed by atoms with E-state index in [1.807, 2.05) is 16.7 Å². The molecule has 0 saturated heterocycles. The summed E-state index contributed by atoms with van der Waals surface area (Å²) in [6.07, 6.45) is 4.26. The molecule has 0 amide bonds. The third kappa shape index (κ3) is 2.31. The molecule has 0 aliphatic heterocycles. The molecule has 0 spiro atoms. The second-order valence-corrected chi connectivity index (χ2v) is 6.04. The lowest BCUT2D eigenvalue weighted by atomic mass is 9.92. The van der Waals surface area contributed by atoms with Crippen molar-refractivity contribution in [3.05, 3.63) is 89.5 Å². The topological polar surface area (TPSA) is 44.1 Å². The van der Waals surface area contributed by atoms with Crippen LogP contribution in [0.1, 0.15) is 39.1 Å². The molecule has 2 unspecified atom stereocenters. The Hall–Kier alpha value is -2.88. The minimum absolute atomic E-state index is 0.0419. The molecule has 4 rings (SSSR count). The fourth-order valence-electron chi connectivity index (χ4n) is 3.71. The summed E-state index contributed by atoms with van der Waals surface area (Å²) in [6, 6.07) is 18.9. The Kier molecular flexibility index (Phi) is 3.65. The first kappa shape index (κ1) is 14.7. The highest BCUT2D eigenvalue weighted by Crippen LogP contribution is 2.45. The average molecular weight is 318 g/mol. The van der Waals surface area contributed by atoms with Gasteiger partial charge in [-0.2, -0.15) is 0 Å². The van der Waals surface area contributed by atoms with Crippen LogP contribution in [0.4, 0.5) is 0 Å². The first-order valence-corrected chi connectivity index (χ1v) is 8.02. The molecule has 1 aliphatic carbocycles. The molecule has 0 N–H and O–H groups in total. The SMILES string of the molecule is COC(=O)c1cncn1C1c2ccccc2CC1c1ccccc1. The minimum Gasteiger partial charge on any atom is -0.464 e. The van der Waals surface area contributed by atoms with Crippen LogP contribution in [-0.4, -0.2) is 22.6 Å². The Labute approximate surface area is 140 Å². The summed E-state index contributed by atoms with van der Waals surface area (Å²) < 4.78 is 6.88. The van der Waals surface area contributed by atoms with Crippen molar-refractivity contribution < 1.29 is 9.53 Å². The maximum Gasteiger partial charge on any atom is 0.356 e. The van der Waals surface area contributed by atoms with E-state index >= 15 is 0 Å². The number of aromatic nitrogens is 2. The van der Waals surface area contributed by atoms with E-state index in [1.165, 1.54) is 23.8 Å². The number of carbonyl (C=O) groups excluding carboxylic acids is 1. The second-order valence-electron chi connectivity index (χ2n) is 6.04. The van der Waals surface area contributed by atoms with Crippen LogP contribution in [0, 0.1) is 0 Å². The highest BCUT2D eigenvalue weighted by Gasteiger charge is 2.36. The van der Waals surface area contributed by atoms with Gasteiger partial charge in [-0.1, -0.05) is 54.6 Å². The monoisotopic (exact) mass is 318 g/mol. The van der Waals surface area contributed by atoms with E-state index in [9.17, 15) is 4.79 Å². The molecular formula is C20H18N2O2. The van der Waals surface area contributed by atoms with Crippen LogP contribution in [0.25, 0.3) is 0 Å². The van der Waals surface area contributed by atoms with Crippen molar-refractivity contribution in [2.45, 2.75) is 18.4 Å². The lowest BCUT2D eigenvalue weighted by Crippen LogP contribution is -2.19. The molecule has 4 heteroatoms. The van der Waals surface area contributed by atoms with Gasteiger partial charge < -0.3 is 9.30 Å². The Morgan fingerprint density at radius 2 is 1.88 bits per heavy atom. The van der Waals surface area contributed by atoms with Crippen LogP contribution in [-0.2, 0) is 11.2 Å². The fourth-order valence-corrected chi connectivity index (χ4v) is 3.71. The number of hydrogen-bond acceptors (Lipinski definition) is 3. The molecule has 0 bridgehead atoms. The van der Waals surface area contributed by atoms with Gasteiger partial charge in [0.2, 0.25) is 0 Å². The highest BCUT2D eigenvalue weighted by molar-refractivity contribution is 5.87. The lowest BCUT2D eigenvalue weighted by Gasteiger charge is -2.24. The van der Waals surface area contributed by atoms with Gasteiger partial charge in [0.25, 0.3) is 0 Å². The Morgan fingerprint density at radius 1 is 1.12 bits per heavy atom. The van der Waals surface area contributed by atoms with E-state index in [-0.39, 0.29) is 17.9 Å². The molecule has 0 saturated carbocycles. The third-order valence-corrected chi connectivity index (χ3v) is 4.78. The molecule has 4 nitrogen and oxygen atoms in total. The summed E-state index contributed by atoms with van der Waals surface area (Å²) in [7, 11) is 1.40. The molecule has 0 fully saturated rings. The molecule has 3 aromatic rings. The number of methoxy groups -OCH3 is 1. The average Bonchev–Trinajstić information content (AvgIpc) is 3.25. The van der Waals surface area contributed by atoms with Gasteiger partial charge in [0.15, 0.2) is 0 Å². The number of rotatable bonds is 3. The molecule has 2 aromatic carbocycles. The molecule has 1 heterocycles. The predicted molar refractivity (Wildman–Crippen MR) is 91.0 cm³/mol. The van der Waals surface area contributed by atoms with Gasteiger partial charge in [-0.05, 0) is 23.1 Å². The first-order valence-electron chi connectivity index (χ1n) is 8.02. The van der Waals surface area contributed by atoms with Crippen molar-refractivity contribution in [1.29, 1.82) is 0 Å². The van der Waals surface area contributed by atoms with Crippen molar-refractivity contribution in [3.63, 3.8) is 0 Å². The lowest BCUT2D eigenvalue weighted by molar-refractivity contribution is 0.0586. The quantitative estimate of drug-likeness (QED) is 0.693. The highest BCUT2D eigenvalue weighted by atomic mass is 16.5. The van der Waals surface area contributed by atoms with E-state index in [4.69, 9.17) is 4.74 Å². The van der Waals surface area contributed by atoms with Crippen LogP contribution in [0.2, 0.25) is 0 Å². The van der Waals surface area contributed by atoms with Crippen molar-refractivity contribution in [2.24, 2.45) is 0 Å². The predicted octanol–water partition coefficient (Wildman–Crippen LogP) is 3.60. The zero-order valence-corrected chi connectivity index (χ0v) is 13.4. The maximum atomic E-state index is 12.1. The summed E-state index contributed by atoms with van der Waals surface area (Å²) >= 11 is 0. The number of imidazole rings is 1. The van der Waals surface area contributed by atoms with Crippen LogP contribution in [0.3, 0.4) is 0 Å². The second kappa shape index (κ2) is 5.96. The largest absolute Gasteiger partial charge is 0.464 e. The van der Waals surface area contributed by atoms with Gasteiger partial charge in [0.1, 0.15) is 5.69 Å². The molecule has 0 radical (unpaired) electrons. The molecule has 120 valence electrons. The molecule has 1 aromatic heterocycles. The Morgan fingerprint density at radius 3 is 2.67 bits per heavy atom. The van der Waals surface area contributed by atoms with E-state index < -0.39 is 0 Å². The van der Waals surface area contributed by atoms with E-state index in [1.54, 1.807) is 12.5 Å².